The molecule has 1 aliphatic carbocycles. The van der Waals surface area contributed by atoms with Crippen molar-refractivity contribution in [2.24, 2.45) is 0 Å². The maximum Gasteiger partial charge on any atom is 0.119 e. The van der Waals surface area contributed by atoms with Gasteiger partial charge in [-0.05, 0) is 63.3 Å². The predicted molar refractivity (Wildman–Crippen MR) is 85.2 cm³/mol. The van der Waals surface area contributed by atoms with Crippen LogP contribution < -0.4 is 10.1 Å². The molecule has 110 valence electrons. The summed E-state index contributed by atoms with van der Waals surface area (Å²) in [6.45, 7) is 6.22. The van der Waals surface area contributed by atoms with Crippen molar-refractivity contribution in [2.75, 3.05) is 13.2 Å². The number of hydrogen-bond acceptors (Lipinski definition) is 2. The molecule has 1 N–H and O–H groups in total. The van der Waals surface area contributed by atoms with E-state index in [2.05, 4.69) is 49.5 Å². The number of nitrogens with one attached hydrogen (secondary N) is 1. The summed E-state index contributed by atoms with van der Waals surface area (Å²) in [6, 6.07) is 8.87. The van der Waals surface area contributed by atoms with Gasteiger partial charge >= 0.3 is 0 Å². The van der Waals surface area contributed by atoms with Crippen LogP contribution >= 0.6 is 0 Å². The molecule has 0 amide bonds. The zero-order valence-corrected chi connectivity index (χ0v) is 12.8. The van der Waals surface area contributed by atoms with Gasteiger partial charge in [-0.1, -0.05) is 30.7 Å². The second-order valence-electron chi connectivity index (χ2n) is 5.60. The molecule has 2 rings (SSSR count). The molecule has 0 heterocycles. The van der Waals surface area contributed by atoms with E-state index >= 15 is 0 Å². The zero-order chi connectivity index (χ0) is 14.2. The van der Waals surface area contributed by atoms with Crippen LogP contribution in [0.3, 0.4) is 0 Å². The Morgan fingerprint density at radius 1 is 1.25 bits per heavy atom. The molecule has 1 unspecified atom stereocenters. The number of ether oxygens (including phenoxy) is 1. The van der Waals surface area contributed by atoms with E-state index in [1.165, 1.54) is 31.2 Å². The maximum atomic E-state index is 5.61. The SMILES string of the molecule is CCCOc1ccc(C(C)NCCC2=CCCC2)cc1. The van der Waals surface area contributed by atoms with Crippen LogP contribution in [0.1, 0.15) is 57.6 Å². The predicted octanol–water partition coefficient (Wildman–Crippen LogP) is 4.63. The average Bonchev–Trinajstić information content (AvgIpc) is 2.99. The second-order valence-corrected chi connectivity index (χ2v) is 5.60. The van der Waals surface area contributed by atoms with Crippen LogP contribution in [0.25, 0.3) is 0 Å². The molecule has 0 fully saturated rings. The topological polar surface area (TPSA) is 21.3 Å². The van der Waals surface area contributed by atoms with Crippen molar-refractivity contribution >= 4 is 0 Å². The molecule has 1 aliphatic rings. The van der Waals surface area contributed by atoms with E-state index in [0.29, 0.717) is 6.04 Å². The van der Waals surface area contributed by atoms with Gasteiger partial charge in [0.1, 0.15) is 5.75 Å². The minimum Gasteiger partial charge on any atom is -0.494 e. The Morgan fingerprint density at radius 2 is 2.05 bits per heavy atom. The van der Waals surface area contributed by atoms with Gasteiger partial charge in [0.25, 0.3) is 0 Å². The fraction of sp³-hybridized carbons (Fsp3) is 0.556. The Balaban J connectivity index is 1.75. The van der Waals surface area contributed by atoms with E-state index in [4.69, 9.17) is 4.74 Å². The Hall–Kier alpha value is -1.28. The first-order valence-corrected chi connectivity index (χ1v) is 7.93. The molecule has 0 spiro atoms. The van der Waals surface area contributed by atoms with Gasteiger partial charge in [0, 0.05) is 6.04 Å². The van der Waals surface area contributed by atoms with Gasteiger partial charge in [-0.3, -0.25) is 0 Å². The first kappa shape index (κ1) is 15.1. The third-order valence-electron chi connectivity index (χ3n) is 3.88. The molecule has 0 bridgehead atoms. The molecule has 1 aromatic carbocycles. The number of benzene rings is 1. The van der Waals surface area contributed by atoms with Gasteiger partial charge in [0.2, 0.25) is 0 Å². The third-order valence-corrected chi connectivity index (χ3v) is 3.88. The van der Waals surface area contributed by atoms with Gasteiger partial charge in [-0.25, -0.2) is 0 Å². The second kappa shape index (κ2) is 8.11. The van der Waals surface area contributed by atoms with Crippen molar-refractivity contribution in [3.8, 4) is 5.75 Å². The van der Waals surface area contributed by atoms with Crippen molar-refractivity contribution in [3.63, 3.8) is 0 Å². The van der Waals surface area contributed by atoms with Gasteiger partial charge in [0.05, 0.1) is 6.61 Å². The van der Waals surface area contributed by atoms with Crippen LogP contribution in [0.15, 0.2) is 35.9 Å². The maximum absolute atomic E-state index is 5.61. The fourth-order valence-corrected chi connectivity index (χ4v) is 2.60. The lowest BCUT2D eigenvalue weighted by Gasteiger charge is -2.15. The lowest BCUT2D eigenvalue weighted by Crippen LogP contribution is -2.20. The first-order chi connectivity index (χ1) is 9.79. The summed E-state index contributed by atoms with van der Waals surface area (Å²) >= 11 is 0. The summed E-state index contributed by atoms with van der Waals surface area (Å²) in [5.41, 5.74) is 2.96. The van der Waals surface area contributed by atoms with Crippen LogP contribution in [-0.4, -0.2) is 13.2 Å². The van der Waals surface area contributed by atoms with Crippen LogP contribution in [0.5, 0.6) is 5.75 Å². The van der Waals surface area contributed by atoms with Crippen molar-refractivity contribution in [1.29, 1.82) is 0 Å². The number of rotatable bonds is 8. The number of hydrogen-bond donors (Lipinski definition) is 1. The van der Waals surface area contributed by atoms with Crippen LogP contribution in [0.2, 0.25) is 0 Å². The van der Waals surface area contributed by atoms with Crippen molar-refractivity contribution in [2.45, 2.75) is 52.0 Å². The largest absolute Gasteiger partial charge is 0.494 e. The monoisotopic (exact) mass is 273 g/mol. The molecule has 2 heteroatoms. The summed E-state index contributed by atoms with van der Waals surface area (Å²) in [7, 11) is 0. The van der Waals surface area contributed by atoms with E-state index in [0.717, 1.165) is 25.3 Å². The highest BCUT2D eigenvalue weighted by atomic mass is 16.5. The molecule has 20 heavy (non-hydrogen) atoms. The van der Waals surface area contributed by atoms with Crippen LogP contribution in [0, 0.1) is 0 Å². The van der Waals surface area contributed by atoms with Crippen LogP contribution in [-0.2, 0) is 0 Å². The minimum absolute atomic E-state index is 0.400. The van der Waals surface area contributed by atoms with E-state index in [-0.39, 0.29) is 0 Å². The first-order valence-electron chi connectivity index (χ1n) is 7.93. The highest BCUT2D eigenvalue weighted by Crippen LogP contribution is 2.21. The Labute approximate surface area is 123 Å². The fourth-order valence-electron chi connectivity index (χ4n) is 2.60. The normalized spacial score (nSPS) is 16.0. The molecular formula is C18H27NO. The van der Waals surface area contributed by atoms with E-state index in [9.17, 15) is 0 Å². The standard InChI is InChI=1S/C18H27NO/c1-3-14-20-18-10-8-17(9-11-18)15(2)19-13-12-16-6-4-5-7-16/h6,8-11,15,19H,3-5,7,12-14H2,1-2H3. The summed E-state index contributed by atoms with van der Waals surface area (Å²) in [5.74, 6) is 0.971. The van der Waals surface area contributed by atoms with E-state index in [1.807, 2.05) is 0 Å². The molecule has 0 saturated carbocycles. The van der Waals surface area contributed by atoms with Gasteiger partial charge in [-0.15, -0.1) is 0 Å². The highest BCUT2D eigenvalue weighted by molar-refractivity contribution is 5.29. The zero-order valence-electron chi connectivity index (χ0n) is 12.8. The molecule has 0 aliphatic heterocycles. The molecule has 0 saturated heterocycles. The lowest BCUT2D eigenvalue weighted by atomic mass is 10.1. The summed E-state index contributed by atoms with van der Waals surface area (Å²) in [6.07, 6.45) is 8.59. The number of allylic oxidation sites excluding steroid dienone is 1. The van der Waals surface area contributed by atoms with E-state index < -0.39 is 0 Å². The Kier molecular flexibility index (Phi) is 6.13. The van der Waals surface area contributed by atoms with Gasteiger partial charge in [-0.2, -0.15) is 0 Å². The average molecular weight is 273 g/mol. The smallest absolute Gasteiger partial charge is 0.119 e. The van der Waals surface area contributed by atoms with Crippen LogP contribution in [0.4, 0.5) is 0 Å². The Morgan fingerprint density at radius 3 is 2.70 bits per heavy atom. The van der Waals surface area contributed by atoms with Crippen molar-refractivity contribution in [3.05, 3.63) is 41.5 Å². The highest BCUT2D eigenvalue weighted by Gasteiger charge is 2.07. The molecular weight excluding hydrogens is 246 g/mol. The minimum atomic E-state index is 0.400. The molecule has 0 aromatic heterocycles. The van der Waals surface area contributed by atoms with Crippen molar-refractivity contribution < 1.29 is 4.74 Å². The molecule has 2 nitrogen and oxygen atoms in total. The van der Waals surface area contributed by atoms with Gasteiger partial charge < -0.3 is 10.1 Å². The third kappa shape index (κ3) is 4.68. The lowest BCUT2D eigenvalue weighted by molar-refractivity contribution is 0.317. The van der Waals surface area contributed by atoms with E-state index in [1.54, 1.807) is 5.57 Å². The Bertz CT molecular complexity index is 422. The molecule has 0 radical (unpaired) electrons. The summed E-state index contributed by atoms with van der Waals surface area (Å²) in [4.78, 5) is 0. The molecule has 1 aromatic rings. The van der Waals surface area contributed by atoms with Gasteiger partial charge in [0.15, 0.2) is 0 Å². The quantitative estimate of drug-likeness (QED) is 0.697. The summed E-state index contributed by atoms with van der Waals surface area (Å²) < 4.78 is 5.61. The summed E-state index contributed by atoms with van der Waals surface area (Å²) in [5, 5.41) is 3.61. The molecule has 1 atom stereocenters. The van der Waals surface area contributed by atoms with Crippen molar-refractivity contribution in [1.82, 2.24) is 5.32 Å².